The molecule has 0 amide bonds. The van der Waals surface area contributed by atoms with Crippen molar-refractivity contribution in [3.63, 3.8) is 0 Å². The summed E-state index contributed by atoms with van der Waals surface area (Å²) >= 11 is 0. The Bertz CT molecular complexity index is 789. The summed E-state index contributed by atoms with van der Waals surface area (Å²) in [5, 5.41) is 20.8. The van der Waals surface area contributed by atoms with E-state index in [0.717, 1.165) is 38.7 Å². The standard InChI is InChI=1S/C27H42O5/c1-14-7-8-27(31-13-14)15(2)24-22(32-27)10-19-17-6-5-16-9-20(28)21(29)12-25(16,3)18(17)11-23(30)26(19,24)4/h14-22,24,28-29H,5-13H2,1-4H3/t14-,15+,16-,17-,18+,19+,20-,21+,22+,24+,25+,26-,27-/m1/s1. The van der Waals surface area contributed by atoms with Crippen molar-refractivity contribution in [1.82, 2.24) is 0 Å². The highest BCUT2D eigenvalue weighted by Gasteiger charge is 2.71. The molecule has 4 saturated carbocycles. The third-order valence-corrected chi connectivity index (χ3v) is 11.8. The average Bonchev–Trinajstić information content (AvgIpc) is 3.19. The van der Waals surface area contributed by atoms with Gasteiger partial charge in [-0.05, 0) is 73.5 Å². The van der Waals surface area contributed by atoms with Gasteiger partial charge in [-0.15, -0.1) is 0 Å². The fourth-order valence-electron chi connectivity index (χ4n) is 9.97. The third kappa shape index (κ3) is 2.69. The van der Waals surface area contributed by atoms with Gasteiger partial charge in [0.1, 0.15) is 5.78 Å². The first-order chi connectivity index (χ1) is 15.1. The molecule has 1 spiro atoms. The van der Waals surface area contributed by atoms with Crippen LogP contribution in [0.2, 0.25) is 0 Å². The number of aliphatic hydroxyl groups is 2. The molecule has 6 rings (SSSR count). The minimum absolute atomic E-state index is 0.0490. The number of Topliss-reactive ketones (excluding diaryl/α,β-unsaturated/α-hetero) is 1. The number of carbonyl (C=O) groups is 1. The summed E-state index contributed by atoms with van der Waals surface area (Å²) in [6, 6.07) is 0. The van der Waals surface area contributed by atoms with Crippen LogP contribution in [-0.2, 0) is 14.3 Å². The van der Waals surface area contributed by atoms with Gasteiger partial charge in [0, 0.05) is 30.1 Å². The van der Waals surface area contributed by atoms with E-state index in [2.05, 4.69) is 27.7 Å². The molecule has 0 unspecified atom stereocenters. The first-order valence-corrected chi connectivity index (χ1v) is 13.3. The Labute approximate surface area is 192 Å². The second-order valence-electron chi connectivity index (χ2n) is 13.1. The smallest absolute Gasteiger partial charge is 0.171 e. The monoisotopic (exact) mass is 446 g/mol. The lowest BCUT2D eigenvalue weighted by Gasteiger charge is -2.61. The summed E-state index contributed by atoms with van der Waals surface area (Å²) in [6.07, 6.45) is 6.12. The maximum Gasteiger partial charge on any atom is 0.171 e. The second-order valence-corrected chi connectivity index (χ2v) is 13.1. The summed E-state index contributed by atoms with van der Waals surface area (Å²) in [5.41, 5.74) is -0.371. The van der Waals surface area contributed by atoms with Gasteiger partial charge < -0.3 is 19.7 Å². The van der Waals surface area contributed by atoms with E-state index in [0.29, 0.717) is 54.6 Å². The molecule has 0 aromatic heterocycles. The number of rotatable bonds is 0. The van der Waals surface area contributed by atoms with Crippen molar-refractivity contribution >= 4 is 5.78 Å². The minimum Gasteiger partial charge on any atom is -0.390 e. The first kappa shape index (κ1) is 22.0. The van der Waals surface area contributed by atoms with Crippen LogP contribution < -0.4 is 0 Å². The van der Waals surface area contributed by atoms with E-state index in [1.807, 2.05) is 0 Å². The van der Waals surface area contributed by atoms with Gasteiger partial charge in [0.15, 0.2) is 5.79 Å². The van der Waals surface area contributed by atoms with Crippen LogP contribution in [0.3, 0.4) is 0 Å². The van der Waals surface area contributed by atoms with Gasteiger partial charge in [0.2, 0.25) is 0 Å². The Hall–Kier alpha value is -0.490. The van der Waals surface area contributed by atoms with Crippen molar-refractivity contribution in [3.8, 4) is 0 Å². The molecule has 4 aliphatic carbocycles. The Morgan fingerprint density at radius 1 is 1.00 bits per heavy atom. The van der Waals surface area contributed by atoms with Crippen molar-refractivity contribution in [2.24, 2.45) is 52.3 Å². The molecule has 6 fully saturated rings. The van der Waals surface area contributed by atoms with Gasteiger partial charge in [0.05, 0.1) is 24.9 Å². The fourth-order valence-corrected chi connectivity index (χ4v) is 9.97. The highest BCUT2D eigenvalue weighted by atomic mass is 16.7. The van der Waals surface area contributed by atoms with E-state index in [-0.39, 0.29) is 28.8 Å². The van der Waals surface area contributed by atoms with Crippen LogP contribution in [0.15, 0.2) is 0 Å². The summed E-state index contributed by atoms with van der Waals surface area (Å²) in [5.74, 6) is 2.64. The van der Waals surface area contributed by atoms with Crippen LogP contribution in [0, 0.1) is 52.3 Å². The lowest BCUT2D eigenvalue weighted by molar-refractivity contribution is -0.272. The van der Waals surface area contributed by atoms with Crippen molar-refractivity contribution in [1.29, 1.82) is 0 Å². The van der Waals surface area contributed by atoms with E-state index < -0.39 is 18.0 Å². The predicted octanol–water partition coefficient (Wildman–Crippen LogP) is 3.94. The van der Waals surface area contributed by atoms with E-state index in [4.69, 9.17) is 9.47 Å². The zero-order chi connectivity index (χ0) is 22.6. The molecule has 6 aliphatic rings. The minimum atomic E-state index is -0.657. The zero-order valence-electron chi connectivity index (χ0n) is 20.3. The highest BCUT2D eigenvalue weighted by Crippen LogP contribution is 2.70. The SMILES string of the molecule is C[C@@H]1CC[C@@]2(OC1)O[C@H]1C[C@H]3[C@@H]4CC[C@@H]5C[C@@H](O)[C@@H](O)C[C@]5(C)[C@H]4CC(=O)[C@]3(C)[C@H]1[C@@H]2C. The van der Waals surface area contributed by atoms with Crippen molar-refractivity contribution < 1.29 is 24.5 Å². The largest absolute Gasteiger partial charge is 0.390 e. The maximum atomic E-state index is 14.0. The molecule has 2 aliphatic heterocycles. The Morgan fingerprint density at radius 2 is 1.78 bits per heavy atom. The number of hydrogen-bond donors (Lipinski definition) is 2. The van der Waals surface area contributed by atoms with E-state index in [9.17, 15) is 15.0 Å². The molecule has 0 bridgehead atoms. The van der Waals surface area contributed by atoms with Crippen LogP contribution >= 0.6 is 0 Å². The maximum absolute atomic E-state index is 14.0. The summed E-state index contributed by atoms with van der Waals surface area (Å²) in [7, 11) is 0. The van der Waals surface area contributed by atoms with Gasteiger partial charge in [-0.2, -0.15) is 0 Å². The molecular weight excluding hydrogens is 404 g/mol. The molecule has 0 aromatic carbocycles. The molecule has 0 aromatic rings. The Balaban J connectivity index is 1.30. The molecule has 2 saturated heterocycles. The van der Waals surface area contributed by atoms with Gasteiger partial charge in [0.25, 0.3) is 0 Å². The van der Waals surface area contributed by atoms with Gasteiger partial charge in [-0.25, -0.2) is 0 Å². The van der Waals surface area contributed by atoms with E-state index in [1.54, 1.807) is 0 Å². The highest BCUT2D eigenvalue weighted by molar-refractivity contribution is 5.87. The van der Waals surface area contributed by atoms with Crippen LogP contribution in [-0.4, -0.2) is 46.7 Å². The fraction of sp³-hybridized carbons (Fsp3) is 0.963. The number of hydrogen-bond acceptors (Lipinski definition) is 5. The quantitative estimate of drug-likeness (QED) is 0.589. The number of fused-ring (bicyclic) bond motifs is 7. The lowest BCUT2D eigenvalue weighted by atomic mass is 9.43. The summed E-state index contributed by atoms with van der Waals surface area (Å²) in [6.45, 7) is 9.86. The predicted molar refractivity (Wildman–Crippen MR) is 120 cm³/mol. The van der Waals surface area contributed by atoms with Gasteiger partial charge >= 0.3 is 0 Å². The van der Waals surface area contributed by atoms with E-state index >= 15 is 0 Å². The first-order valence-electron chi connectivity index (χ1n) is 13.3. The molecule has 0 radical (unpaired) electrons. The topological polar surface area (TPSA) is 76.0 Å². The second kappa shape index (κ2) is 7.02. The van der Waals surface area contributed by atoms with Crippen molar-refractivity contribution in [2.45, 2.75) is 103 Å². The van der Waals surface area contributed by atoms with Crippen molar-refractivity contribution in [2.75, 3.05) is 6.61 Å². The Kier molecular flexibility index (Phi) is 4.83. The molecular formula is C27H42O5. The Morgan fingerprint density at radius 3 is 2.50 bits per heavy atom. The van der Waals surface area contributed by atoms with Crippen LogP contribution in [0.1, 0.15) is 79.1 Å². The average molecular weight is 447 g/mol. The molecule has 13 atom stereocenters. The molecule has 5 heteroatoms. The van der Waals surface area contributed by atoms with Crippen molar-refractivity contribution in [3.05, 3.63) is 0 Å². The van der Waals surface area contributed by atoms with Gasteiger partial charge in [-0.1, -0.05) is 27.7 Å². The molecule has 2 heterocycles. The number of carbonyl (C=O) groups excluding carboxylic acids is 1. The molecule has 180 valence electrons. The molecule has 2 N–H and O–H groups in total. The number of ketones is 1. The number of ether oxygens (including phenoxy) is 2. The van der Waals surface area contributed by atoms with E-state index in [1.165, 1.54) is 0 Å². The number of aliphatic hydroxyl groups excluding tert-OH is 2. The summed E-state index contributed by atoms with van der Waals surface area (Å²) < 4.78 is 13.2. The summed E-state index contributed by atoms with van der Waals surface area (Å²) in [4.78, 5) is 14.0. The van der Waals surface area contributed by atoms with Gasteiger partial charge in [-0.3, -0.25) is 4.79 Å². The zero-order valence-corrected chi connectivity index (χ0v) is 20.3. The van der Waals surface area contributed by atoms with Crippen LogP contribution in [0.5, 0.6) is 0 Å². The lowest BCUT2D eigenvalue weighted by Crippen LogP contribution is -2.59. The molecule has 5 nitrogen and oxygen atoms in total. The normalized spacial score (nSPS) is 61.8. The van der Waals surface area contributed by atoms with Crippen LogP contribution in [0.25, 0.3) is 0 Å². The third-order valence-electron chi connectivity index (χ3n) is 11.8. The van der Waals surface area contributed by atoms with Crippen LogP contribution in [0.4, 0.5) is 0 Å². The molecule has 32 heavy (non-hydrogen) atoms.